The molecule has 1 fully saturated rings. The predicted molar refractivity (Wildman–Crippen MR) is 69.0 cm³/mol. The number of hydrogen-bond donors (Lipinski definition) is 2. The van der Waals surface area contributed by atoms with Crippen molar-refractivity contribution in [2.24, 2.45) is 0 Å². The molecule has 0 spiro atoms. The Kier molecular flexibility index (Phi) is 4.57. The molecule has 1 amide bonds. The fourth-order valence-corrected chi connectivity index (χ4v) is 3.36. The summed E-state index contributed by atoms with van der Waals surface area (Å²) in [5.41, 5.74) is -0.908. The van der Waals surface area contributed by atoms with Crippen LogP contribution in [0.4, 0.5) is 0 Å². The van der Waals surface area contributed by atoms with Gasteiger partial charge in [0.25, 0.3) is 0 Å². The molecular weight excluding hydrogens is 272 g/mol. The van der Waals surface area contributed by atoms with Crippen LogP contribution >= 0.6 is 0 Å². The van der Waals surface area contributed by atoms with Crippen LogP contribution in [0.5, 0.6) is 0 Å². The summed E-state index contributed by atoms with van der Waals surface area (Å²) in [7, 11) is -3.42. The standard InChI is InChI=1S/C11H20N2O5S/c1-11(2,7-9(14)15)12-10(16)8-5-4-6-13(8)19(3,17)18/h8H,4-7H2,1-3H3,(H,12,16)(H,14,15). The summed E-state index contributed by atoms with van der Waals surface area (Å²) in [6, 6.07) is -0.733. The molecule has 19 heavy (non-hydrogen) atoms. The molecule has 1 unspecified atom stereocenters. The Bertz CT molecular complexity index is 471. The Hall–Kier alpha value is -1.15. The normalized spacial score (nSPS) is 21.3. The average Bonchev–Trinajstić information content (AvgIpc) is 2.60. The van der Waals surface area contributed by atoms with Gasteiger partial charge in [0.05, 0.1) is 12.7 Å². The minimum atomic E-state index is -3.42. The van der Waals surface area contributed by atoms with E-state index in [1.54, 1.807) is 13.8 Å². The molecule has 1 saturated heterocycles. The number of rotatable bonds is 5. The van der Waals surface area contributed by atoms with Gasteiger partial charge in [-0.3, -0.25) is 9.59 Å². The molecule has 2 N–H and O–H groups in total. The summed E-state index contributed by atoms with van der Waals surface area (Å²) in [6.45, 7) is 3.52. The quantitative estimate of drug-likeness (QED) is 0.729. The lowest BCUT2D eigenvalue weighted by Gasteiger charge is -2.28. The van der Waals surface area contributed by atoms with Gasteiger partial charge >= 0.3 is 5.97 Å². The highest BCUT2D eigenvalue weighted by Gasteiger charge is 2.38. The van der Waals surface area contributed by atoms with Crippen molar-refractivity contribution in [1.82, 2.24) is 9.62 Å². The van der Waals surface area contributed by atoms with Gasteiger partial charge in [-0.2, -0.15) is 4.31 Å². The van der Waals surface area contributed by atoms with Crippen molar-refractivity contribution in [3.63, 3.8) is 0 Å². The Morgan fingerprint density at radius 3 is 2.47 bits per heavy atom. The van der Waals surface area contributed by atoms with E-state index in [0.717, 1.165) is 6.26 Å². The van der Waals surface area contributed by atoms with Crippen LogP contribution in [0.3, 0.4) is 0 Å². The third-order valence-electron chi connectivity index (χ3n) is 2.99. The number of sulfonamides is 1. The minimum Gasteiger partial charge on any atom is -0.481 e. The third-order valence-corrected chi connectivity index (χ3v) is 4.28. The first-order valence-electron chi connectivity index (χ1n) is 6.03. The first-order valence-corrected chi connectivity index (χ1v) is 7.88. The highest BCUT2D eigenvalue weighted by molar-refractivity contribution is 7.88. The molecule has 1 aliphatic rings. The van der Waals surface area contributed by atoms with Crippen LogP contribution in [0.2, 0.25) is 0 Å². The largest absolute Gasteiger partial charge is 0.481 e. The van der Waals surface area contributed by atoms with E-state index in [2.05, 4.69) is 5.32 Å². The number of hydrogen-bond acceptors (Lipinski definition) is 4. The van der Waals surface area contributed by atoms with Crippen LogP contribution in [-0.4, -0.2) is 54.1 Å². The molecule has 0 bridgehead atoms. The maximum atomic E-state index is 12.1. The fourth-order valence-electron chi connectivity index (χ4n) is 2.24. The molecule has 8 heteroatoms. The maximum absolute atomic E-state index is 12.1. The second-order valence-electron chi connectivity index (χ2n) is 5.48. The summed E-state index contributed by atoms with van der Waals surface area (Å²) < 4.78 is 24.3. The maximum Gasteiger partial charge on any atom is 0.305 e. The van der Waals surface area contributed by atoms with Gasteiger partial charge in [-0.25, -0.2) is 8.42 Å². The first kappa shape index (κ1) is 15.9. The van der Waals surface area contributed by atoms with Crippen LogP contribution in [0.1, 0.15) is 33.1 Å². The Labute approximate surface area is 113 Å². The molecule has 7 nitrogen and oxygen atoms in total. The van der Waals surface area contributed by atoms with Crippen molar-refractivity contribution in [1.29, 1.82) is 0 Å². The van der Waals surface area contributed by atoms with Crippen molar-refractivity contribution in [3.8, 4) is 0 Å². The molecule has 0 aromatic rings. The summed E-state index contributed by atoms with van der Waals surface area (Å²) in [5, 5.41) is 11.4. The van der Waals surface area contributed by atoms with Gasteiger partial charge in [-0.05, 0) is 26.7 Å². The van der Waals surface area contributed by atoms with Crippen LogP contribution in [0.15, 0.2) is 0 Å². The number of nitrogens with one attached hydrogen (secondary N) is 1. The van der Waals surface area contributed by atoms with Gasteiger partial charge in [-0.15, -0.1) is 0 Å². The summed E-state index contributed by atoms with van der Waals surface area (Å²) in [6.07, 6.45) is 1.94. The van der Waals surface area contributed by atoms with E-state index in [0.29, 0.717) is 19.4 Å². The lowest BCUT2D eigenvalue weighted by molar-refractivity contribution is -0.138. The number of aliphatic carboxylic acids is 1. The van der Waals surface area contributed by atoms with Crippen molar-refractivity contribution < 1.29 is 23.1 Å². The highest BCUT2D eigenvalue weighted by Crippen LogP contribution is 2.21. The molecule has 1 atom stereocenters. The Morgan fingerprint density at radius 2 is 2.00 bits per heavy atom. The molecule has 1 rings (SSSR count). The van der Waals surface area contributed by atoms with Gasteiger partial charge < -0.3 is 10.4 Å². The average molecular weight is 292 g/mol. The number of carbonyl (C=O) groups excluding carboxylic acids is 1. The predicted octanol–water partition coefficient (Wildman–Crippen LogP) is -0.220. The number of amides is 1. The number of nitrogens with zero attached hydrogens (tertiary/aromatic N) is 1. The van der Waals surface area contributed by atoms with E-state index in [4.69, 9.17) is 5.11 Å². The van der Waals surface area contributed by atoms with Crippen molar-refractivity contribution >= 4 is 21.9 Å². The zero-order valence-electron chi connectivity index (χ0n) is 11.3. The molecule has 0 aliphatic carbocycles. The van der Waals surface area contributed by atoms with Crippen LogP contribution < -0.4 is 5.32 Å². The number of carbonyl (C=O) groups is 2. The number of carboxylic acid groups (broad SMARTS) is 1. The van der Waals surface area contributed by atoms with E-state index >= 15 is 0 Å². The molecule has 0 aromatic heterocycles. The lowest BCUT2D eigenvalue weighted by Crippen LogP contribution is -2.53. The van der Waals surface area contributed by atoms with Crippen LogP contribution in [-0.2, 0) is 19.6 Å². The topological polar surface area (TPSA) is 104 Å². The number of carboxylic acids is 1. The second-order valence-corrected chi connectivity index (χ2v) is 7.41. The molecule has 0 aromatic carbocycles. The van der Waals surface area contributed by atoms with E-state index in [1.165, 1.54) is 4.31 Å². The first-order chi connectivity index (χ1) is 8.53. The Balaban J connectivity index is 2.75. The van der Waals surface area contributed by atoms with Gasteiger partial charge in [0.15, 0.2) is 0 Å². The van der Waals surface area contributed by atoms with E-state index in [-0.39, 0.29) is 6.42 Å². The van der Waals surface area contributed by atoms with Gasteiger partial charge in [-0.1, -0.05) is 0 Å². The highest BCUT2D eigenvalue weighted by atomic mass is 32.2. The molecule has 0 radical (unpaired) electrons. The van der Waals surface area contributed by atoms with Crippen molar-refractivity contribution in [2.45, 2.75) is 44.7 Å². The van der Waals surface area contributed by atoms with Crippen molar-refractivity contribution in [3.05, 3.63) is 0 Å². The lowest BCUT2D eigenvalue weighted by atomic mass is 10.00. The zero-order valence-corrected chi connectivity index (χ0v) is 12.2. The molecule has 0 saturated carbocycles. The monoisotopic (exact) mass is 292 g/mol. The Morgan fingerprint density at radius 1 is 1.42 bits per heavy atom. The molecule has 1 heterocycles. The van der Waals surface area contributed by atoms with Crippen LogP contribution in [0, 0.1) is 0 Å². The molecular formula is C11H20N2O5S. The third kappa shape index (κ3) is 4.46. The fraction of sp³-hybridized carbons (Fsp3) is 0.818. The van der Waals surface area contributed by atoms with E-state index in [1.807, 2.05) is 0 Å². The zero-order chi connectivity index (χ0) is 14.8. The SMILES string of the molecule is CC(C)(CC(=O)O)NC(=O)C1CCCN1S(C)(=O)=O. The van der Waals surface area contributed by atoms with E-state index < -0.39 is 33.5 Å². The molecule has 110 valence electrons. The van der Waals surface area contributed by atoms with E-state index in [9.17, 15) is 18.0 Å². The van der Waals surface area contributed by atoms with Gasteiger partial charge in [0.1, 0.15) is 6.04 Å². The summed E-state index contributed by atoms with van der Waals surface area (Å²) >= 11 is 0. The summed E-state index contributed by atoms with van der Waals surface area (Å²) in [5.74, 6) is -1.45. The smallest absolute Gasteiger partial charge is 0.305 e. The van der Waals surface area contributed by atoms with Crippen LogP contribution in [0.25, 0.3) is 0 Å². The van der Waals surface area contributed by atoms with Crippen molar-refractivity contribution in [2.75, 3.05) is 12.8 Å². The minimum absolute atomic E-state index is 0.218. The molecule has 1 aliphatic heterocycles. The second kappa shape index (κ2) is 5.46. The van der Waals surface area contributed by atoms with Gasteiger partial charge in [0, 0.05) is 12.1 Å². The summed E-state index contributed by atoms with van der Waals surface area (Å²) in [4.78, 5) is 22.8. The van der Waals surface area contributed by atoms with Gasteiger partial charge in [0.2, 0.25) is 15.9 Å².